The molecule has 0 heterocycles. The predicted molar refractivity (Wildman–Crippen MR) is 81.3 cm³/mol. The van der Waals surface area contributed by atoms with E-state index in [0.717, 1.165) is 14.6 Å². The summed E-state index contributed by atoms with van der Waals surface area (Å²) >= 11 is 12.8. The SMILES string of the molecule is N#Cc1c(Cl)cccc1Nc1ccc(Br)cc1Br. The largest absolute Gasteiger partial charge is 0.353 e. The second kappa shape index (κ2) is 5.75. The molecule has 0 saturated carbocycles. The first-order chi connectivity index (χ1) is 8.61. The summed E-state index contributed by atoms with van der Waals surface area (Å²) in [5.41, 5.74) is 2.00. The van der Waals surface area contributed by atoms with Gasteiger partial charge < -0.3 is 5.32 Å². The summed E-state index contributed by atoms with van der Waals surface area (Å²) in [5.74, 6) is 0. The fraction of sp³-hybridized carbons (Fsp3) is 0. The summed E-state index contributed by atoms with van der Waals surface area (Å²) in [7, 11) is 0. The number of halogens is 3. The van der Waals surface area contributed by atoms with Crippen molar-refractivity contribution in [3.05, 3.63) is 55.9 Å². The number of nitrogens with zero attached hydrogens (tertiary/aromatic N) is 1. The molecule has 0 spiro atoms. The number of rotatable bonds is 2. The minimum atomic E-state index is 0.439. The van der Waals surface area contributed by atoms with Gasteiger partial charge in [-0.1, -0.05) is 33.6 Å². The van der Waals surface area contributed by atoms with E-state index >= 15 is 0 Å². The van der Waals surface area contributed by atoms with Crippen molar-refractivity contribution in [3.63, 3.8) is 0 Å². The van der Waals surface area contributed by atoms with E-state index < -0.39 is 0 Å². The maximum Gasteiger partial charge on any atom is 0.103 e. The van der Waals surface area contributed by atoms with Gasteiger partial charge in [-0.3, -0.25) is 0 Å². The molecule has 0 amide bonds. The Labute approximate surface area is 127 Å². The maximum absolute atomic E-state index is 9.10. The molecule has 90 valence electrons. The minimum absolute atomic E-state index is 0.439. The molecule has 0 aromatic heterocycles. The molecule has 0 aliphatic heterocycles. The van der Waals surface area contributed by atoms with Crippen LogP contribution in [0.2, 0.25) is 5.02 Å². The Kier molecular flexibility index (Phi) is 4.28. The molecule has 18 heavy (non-hydrogen) atoms. The second-order valence-corrected chi connectivity index (χ2v) is 5.70. The van der Waals surface area contributed by atoms with E-state index in [9.17, 15) is 0 Å². The monoisotopic (exact) mass is 384 g/mol. The van der Waals surface area contributed by atoms with Crippen LogP contribution in [0.1, 0.15) is 5.56 Å². The van der Waals surface area contributed by atoms with Crippen molar-refractivity contribution in [1.82, 2.24) is 0 Å². The fourth-order valence-corrected chi connectivity index (χ4v) is 2.84. The van der Waals surface area contributed by atoms with Gasteiger partial charge in [0.05, 0.1) is 22.0 Å². The molecule has 2 aromatic carbocycles. The first kappa shape index (κ1) is 13.4. The van der Waals surface area contributed by atoms with Crippen LogP contribution < -0.4 is 5.32 Å². The second-order valence-electron chi connectivity index (χ2n) is 3.52. The Balaban J connectivity index is 2.41. The molecule has 2 rings (SSSR count). The van der Waals surface area contributed by atoms with Crippen molar-refractivity contribution in [2.24, 2.45) is 0 Å². The van der Waals surface area contributed by atoms with Gasteiger partial charge in [-0.25, -0.2) is 0 Å². The van der Waals surface area contributed by atoms with Crippen LogP contribution >= 0.6 is 43.5 Å². The van der Waals surface area contributed by atoms with Crippen molar-refractivity contribution in [2.75, 3.05) is 5.32 Å². The fourth-order valence-electron chi connectivity index (χ4n) is 1.48. The van der Waals surface area contributed by atoms with Gasteiger partial charge in [-0.15, -0.1) is 0 Å². The molecule has 1 N–H and O–H groups in total. The summed E-state index contributed by atoms with van der Waals surface area (Å²) in [6, 6.07) is 13.2. The van der Waals surface area contributed by atoms with Crippen LogP contribution in [-0.4, -0.2) is 0 Å². The number of nitrogens with one attached hydrogen (secondary N) is 1. The van der Waals surface area contributed by atoms with Gasteiger partial charge in [0.1, 0.15) is 6.07 Å². The van der Waals surface area contributed by atoms with Crippen LogP contribution in [0.15, 0.2) is 45.3 Å². The summed E-state index contributed by atoms with van der Waals surface area (Å²) in [4.78, 5) is 0. The molecule has 0 aliphatic carbocycles. The van der Waals surface area contributed by atoms with E-state index in [4.69, 9.17) is 16.9 Å². The molecule has 2 aromatic rings. The summed E-state index contributed by atoms with van der Waals surface area (Å²) < 4.78 is 1.88. The Morgan fingerprint density at radius 3 is 2.56 bits per heavy atom. The van der Waals surface area contributed by atoms with E-state index in [2.05, 4.69) is 43.2 Å². The molecule has 0 unspecified atom stereocenters. The van der Waals surface area contributed by atoms with Crippen LogP contribution in [0.3, 0.4) is 0 Å². The molecule has 0 aliphatic rings. The molecule has 0 bridgehead atoms. The number of nitriles is 1. The number of hydrogen-bond acceptors (Lipinski definition) is 2. The number of benzene rings is 2. The summed E-state index contributed by atoms with van der Waals surface area (Å²) in [6.45, 7) is 0. The van der Waals surface area contributed by atoms with Gasteiger partial charge in [0.25, 0.3) is 0 Å². The quantitative estimate of drug-likeness (QED) is 0.742. The van der Waals surface area contributed by atoms with E-state index in [0.29, 0.717) is 16.3 Å². The smallest absolute Gasteiger partial charge is 0.103 e. The summed E-state index contributed by atoms with van der Waals surface area (Å²) in [5, 5.41) is 12.7. The normalized spacial score (nSPS) is 9.89. The van der Waals surface area contributed by atoms with Crippen molar-refractivity contribution in [3.8, 4) is 6.07 Å². The van der Waals surface area contributed by atoms with Crippen molar-refractivity contribution in [1.29, 1.82) is 5.26 Å². The topological polar surface area (TPSA) is 35.8 Å². The highest BCUT2D eigenvalue weighted by molar-refractivity contribution is 9.11. The molecule has 5 heteroatoms. The minimum Gasteiger partial charge on any atom is -0.353 e. The molecule has 0 saturated heterocycles. The lowest BCUT2D eigenvalue weighted by Crippen LogP contribution is -1.95. The van der Waals surface area contributed by atoms with E-state index in [1.807, 2.05) is 24.3 Å². The Hall–Kier alpha value is -1.02. The summed E-state index contributed by atoms with van der Waals surface area (Å²) in [6.07, 6.45) is 0. The molecule has 0 radical (unpaired) electrons. The molecular weight excluding hydrogens is 379 g/mol. The average molecular weight is 386 g/mol. The van der Waals surface area contributed by atoms with Gasteiger partial charge >= 0.3 is 0 Å². The number of anilines is 2. The Morgan fingerprint density at radius 2 is 1.89 bits per heavy atom. The third-order valence-electron chi connectivity index (χ3n) is 2.33. The van der Waals surface area contributed by atoms with Crippen LogP contribution in [0.25, 0.3) is 0 Å². The highest BCUT2D eigenvalue weighted by Crippen LogP contribution is 2.31. The Bertz CT molecular complexity index is 635. The van der Waals surface area contributed by atoms with Crippen molar-refractivity contribution >= 4 is 54.8 Å². The average Bonchev–Trinajstić information content (AvgIpc) is 2.33. The number of hydrogen-bond donors (Lipinski definition) is 1. The highest BCUT2D eigenvalue weighted by atomic mass is 79.9. The van der Waals surface area contributed by atoms with Crippen LogP contribution in [0.5, 0.6) is 0 Å². The first-order valence-electron chi connectivity index (χ1n) is 5.02. The molecule has 0 atom stereocenters. The first-order valence-corrected chi connectivity index (χ1v) is 6.99. The predicted octanol–water partition coefficient (Wildman–Crippen LogP) is 5.48. The zero-order chi connectivity index (χ0) is 13.1. The van der Waals surface area contributed by atoms with Gasteiger partial charge in [0, 0.05) is 8.95 Å². The maximum atomic E-state index is 9.10. The zero-order valence-corrected chi connectivity index (χ0v) is 13.0. The highest BCUT2D eigenvalue weighted by Gasteiger charge is 2.08. The van der Waals surface area contributed by atoms with E-state index in [1.165, 1.54) is 0 Å². The molecular formula is C13H7Br2ClN2. The van der Waals surface area contributed by atoms with Crippen LogP contribution in [0.4, 0.5) is 11.4 Å². The lowest BCUT2D eigenvalue weighted by atomic mass is 10.2. The third kappa shape index (κ3) is 2.86. The lowest BCUT2D eigenvalue weighted by Gasteiger charge is -2.11. The van der Waals surface area contributed by atoms with Crippen LogP contribution in [0, 0.1) is 11.3 Å². The third-order valence-corrected chi connectivity index (χ3v) is 3.79. The Morgan fingerprint density at radius 1 is 1.11 bits per heavy atom. The zero-order valence-electron chi connectivity index (χ0n) is 9.05. The van der Waals surface area contributed by atoms with Gasteiger partial charge in [-0.2, -0.15) is 5.26 Å². The van der Waals surface area contributed by atoms with Crippen LogP contribution in [-0.2, 0) is 0 Å². The van der Waals surface area contributed by atoms with Crippen molar-refractivity contribution < 1.29 is 0 Å². The van der Waals surface area contributed by atoms with Gasteiger partial charge in [0.15, 0.2) is 0 Å². The lowest BCUT2D eigenvalue weighted by molar-refractivity contribution is 1.45. The van der Waals surface area contributed by atoms with E-state index in [1.54, 1.807) is 12.1 Å². The molecule has 0 fully saturated rings. The van der Waals surface area contributed by atoms with E-state index in [-0.39, 0.29) is 0 Å². The standard InChI is InChI=1S/C13H7Br2ClN2/c14-8-4-5-13(10(15)6-8)18-12-3-1-2-11(16)9(12)7-17/h1-6,18H. The van der Waals surface area contributed by atoms with Gasteiger partial charge in [0.2, 0.25) is 0 Å². The molecule has 2 nitrogen and oxygen atoms in total. The van der Waals surface area contributed by atoms with Gasteiger partial charge in [-0.05, 0) is 46.3 Å². The van der Waals surface area contributed by atoms with Crippen molar-refractivity contribution in [2.45, 2.75) is 0 Å².